The zero-order valence-electron chi connectivity index (χ0n) is 13.3. The molecule has 0 aliphatic heterocycles. The first-order chi connectivity index (χ1) is 12.1. The number of phenolic OH excluding ortho intramolecular Hbond substituents is 2. The van der Waals surface area contributed by atoms with Crippen molar-refractivity contribution in [2.75, 3.05) is 0 Å². The Morgan fingerprint density at radius 3 is 2.20 bits per heavy atom. The van der Waals surface area contributed by atoms with Crippen LogP contribution in [-0.2, 0) is 0 Å². The molecule has 0 unspecified atom stereocenters. The molecule has 3 aromatic rings. The third kappa shape index (κ3) is 4.03. The summed E-state index contributed by atoms with van der Waals surface area (Å²) in [5.74, 6) is -0.787. The minimum absolute atomic E-state index is 0.209. The van der Waals surface area contributed by atoms with Gasteiger partial charge in [-0.2, -0.15) is 5.10 Å². The van der Waals surface area contributed by atoms with Crippen molar-refractivity contribution in [3.05, 3.63) is 83.9 Å². The number of amides is 1. The Labute approximate surface area is 144 Å². The van der Waals surface area contributed by atoms with Gasteiger partial charge in [-0.3, -0.25) is 4.79 Å². The maximum Gasteiger partial charge on any atom is 0.271 e. The third-order valence-corrected chi connectivity index (χ3v) is 3.63. The highest BCUT2D eigenvalue weighted by Crippen LogP contribution is 2.24. The molecule has 0 fully saturated rings. The fraction of sp³-hybridized carbons (Fsp3) is 0. The lowest BCUT2D eigenvalue weighted by Crippen LogP contribution is -2.17. The Kier molecular flexibility index (Phi) is 4.76. The Morgan fingerprint density at radius 1 is 0.840 bits per heavy atom. The van der Waals surface area contributed by atoms with Crippen molar-refractivity contribution >= 4 is 12.1 Å². The molecule has 0 bridgehead atoms. The summed E-state index contributed by atoms with van der Waals surface area (Å²) in [6.45, 7) is 0. The molecule has 0 spiro atoms. The molecule has 3 N–H and O–H groups in total. The average molecular weight is 332 g/mol. The first kappa shape index (κ1) is 16.3. The van der Waals surface area contributed by atoms with Gasteiger partial charge in [0.1, 0.15) is 0 Å². The molecule has 25 heavy (non-hydrogen) atoms. The Hall–Kier alpha value is -3.60. The minimum atomic E-state index is -0.334. The highest BCUT2D eigenvalue weighted by atomic mass is 16.3. The lowest BCUT2D eigenvalue weighted by molar-refractivity contribution is 0.0955. The largest absolute Gasteiger partial charge is 0.504 e. The van der Waals surface area contributed by atoms with Gasteiger partial charge in [0, 0.05) is 5.56 Å². The van der Waals surface area contributed by atoms with Crippen LogP contribution in [0.2, 0.25) is 0 Å². The van der Waals surface area contributed by atoms with E-state index in [0.29, 0.717) is 11.1 Å². The molecule has 5 nitrogen and oxygen atoms in total. The molecule has 5 heteroatoms. The molecule has 1 amide bonds. The van der Waals surface area contributed by atoms with Crippen molar-refractivity contribution in [2.45, 2.75) is 0 Å². The molecule has 124 valence electrons. The number of nitrogens with zero attached hydrogens (tertiary/aromatic N) is 1. The highest BCUT2D eigenvalue weighted by Gasteiger charge is 2.05. The smallest absolute Gasteiger partial charge is 0.271 e. The molecule has 3 aromatic carbocycles. The SMILES string of the molecule is O=C(N/N=C\c1ccc(O)c(O)c1)c1ccc(-c2ccccc2)cc1. The van der Waals surface area contributed by atoms with Crippen LogP contribution < -0.4 is 5.43 Å². The highest BCUT2D eigenvalue weighted by molar-refractivity contribution is 5.95. The van der Waals surface area contributed by atoms with E-state index in [0.717, 1.165) is 11.1 Å². The van der Waals surface area contributed by atoms with Gasteiger partial charge in [0.05, 0.1) is 6.21 Å². The number of nitrogens with one attached hydrogen (secondary N) is 1. The molecular weight excluding hydrogens is 316 g/mol. The molecule has 0 radical (unpaired) electrons. The van der Waals surface area contributed by atoms with Crippen LogP contribution in [-0.4, -0.2) is 22.3 Å². The van der Waals surface area contributed by atoms with Crippen molar-refractivity contribution in [3.63, 3.8) is 0 Å². The van der Waals surface area contributed by atoms with E-state index in [1.54, 1.807) is 18.2 Å². The van der Waals surface area contributed by atoms with Crippen LogP contribution >= 0.6 is 0 Å². The maximum absolute atomic E-state index is 12.1. The fourth-order valence-electron chi connectivity index (χ4n) is 2.30. The first-order valence-corrected chi connectivity index (χ1v) is 7.64. The van der Waals surface area contributed by atoms with E-state index >= 15 is 0 Å². The summed E-state index contributed by atoms with van der Waals surface area (Å²) in [6, 6.07) is 21.4. The Balaban J connectivity index is 1.65. The Morgan fingerprint density at radius 2 is 1.52 bits per heavy atom. The van der Waals surface area contributed by atoms with Gasteiger partial charge in [0.25, 0.3) is 5.91 Å². The predicted octanol–water partition coefficient (Wildman–Crippen LogP) is 3.53. The van der Waals surface area contributed by atoms with Gasteiger partial charge >= 0.3 is 0 Å². The normalized spacial score (nSPS) is 10.7. The molecule has 3 rings (SSSR count). The third-order valence-electron chi connectivity index (χ3n) is 3.63. The van der Waals surface area contributed by atoms with E-state index < -0.39 is 0 Å². The molecule has 0 saturated heterocycles. The van der Waals surface area contributed by atoms with E-state index in [2.05, 4.69) is 10.5 Å². The lowest BCUT2D eigenvalue weighted by Gasteiger charge is -2.04. The predicted molar refractivity (Wildman–Crippen MR) is 96.7 cm³/mol. The van der Waals surface area contributed by atoms with Crippen molar-refractivity contribution in [2.24, 2.45) is 5.10 Å². The molecule has 0 heterocycles. The topological polar surface area (TPSA) is 81.9 Å². The number of hydrogen-bond acceptors (Lipinski definition) is 4. The first-order valence-electron chi connectivity index (χ1n) is 7.64. The van der Waals surface area contributed by atoms with Crippen LogP contribution in [0.3, 0.4) is 0 Å². The standard InChI is InChI=1S/C20H16N2O3/c23-18-11-6-14(12-19(18)24)13-21-22-20(25)17-9-7-16(8-10-17)15-4-2-1-3-5-15/h1-13,23-24H,(H,22,25)/b21-13-. The van der Waals surface area contributed by atoms with Crippen LogP contribution in [0, 0.1) is 0 Å². The van der Waals surface area contributed by atoms with Gasteiger partial charge in [-0.15, -0.1) is 0 Å². The number of hydrogen-bond donors (Lipinski definition) is 3. The summed E-state index contributed by atoms with van der Waals surface area (Å²) in [5.41, 5.74) is 5.58. The van der Waals surface area contributed by atoms with Crippen LogP contribution in [0.5, 0.6) is 11.5 Å². The van der Waals surface area contributed by atoms with Gasteiger partial charge in [-0.05, 0) is 47.0 Å². The summed E-state index contributed by atoms with van der Waals surface area (Å²) >= 11 is 0. The van der Waals surface area contributed by atoms with E-state index in [1.165, 1.54) is 18.3 Å². The molecule has 0 saturated carbocycles. The molecule has 0 aromatic heterocycles. The van der Waals surface area contributed by atoms with E-state index in [1.807, 2.05) is 42.5 Å². The summed E-state index contributed by atoms with van der Waals surface area (Å²) < 4.78 is 0. The van der Waals surface area contributed by atoms with Gasteiger partial charge in [0.2, 0.25) is 0 Å². The zero-order chi connectivity index (χ0) is 17.6. The number of hydrazone groups is 1. The van der Waals surface area contributed by atoms with Gasteiger partial charge in [-0.1, -0.05) is 42.5 Å². The number of phenols is 2. The summed E-state index contributed by atoms with van der Waals surface area (Å²) in [7, 11) is 0. The van der Waals surface area contributed by atoms with Gasteiger partial charge in [-0.25, -0.2) is 5.43 Å². The minimum Gasteiger partial charge on any atom is -0.504 e. The van der Waals surface area contributed by atoms with Crippen LogP contribution in [0.15, 0.2) is 77.9 Å². The number of carbonyl (C=O) groups excluding carboxylic acids is 1. The van der Waals surface area contributed by atoms with Crippen molar-refractivity contribution in [3.8, 4) is 22.6 Å². The van der Waals surface area contributed by atoms with E-state index in [-0.39, 0.29) is 17.4 Å². The fourth-order valence-corrected chi connectivity index (χ4v) is 2.30. The summed E-state index contributed by atoms with van der Waals surface area (Å²) in [4.78, 5) is 12.1. The number of carbonyl (C=O) groups is 1. The summed E-state index contributed by atoms with van der Waals surface area (Å²) in [5, 5.41) is 22.5. The second-order valence-electron chi connectivity index (χ2n) is 5.39. The van der Waals surface area contributed by atoms with Crippen molar-refractivity contribution < 1.29 is 15.0 Å². The maximum atomic E-state index is 12.1. The van der Waals surface area contributed by atoms with Crippen molar-refractivity contribution in [1.82, 2.24) is 5.43 Å². The van der Waals surface area contributed by atoms with Crippen molar-refractivity contribution in [1.29, 1.82) is 0 Å². The second kappa shape index (κ2) is 7.31. The molecular formula is C20H16N2O3. The molecule has 0 atom stereocenters. The lowest BCUT2D eigenvalue weighted by atomic mass is 10.0. The summed E-state index contributed by atoms with van der Waals surface area (Å²) in [6.07, 6.45) is 1.38. The van der Waals surface area contributed by atoms with Crippen LogP contribution in [0.4, 0.5) is 0 Å². The van der Waals surface area contributed by atoms with Gasteiger partial charge < -0.3 is 10.2 Å². The second-order valence-corrected chi connectivity index (χ2v) is 5.39. The molecule has 0 aliphatic rings. The Bertz CT molecular complexity index is 904. The monoisotopic (exact) mass is 332 g/mol. The molecule has 0 aliphatic carbocycles. The number of benzene rings is 3. The zero-order valence-corrected chi connectivity index (χ0v) is 13.3. The van der Waals surface area contributed by atoms with Crippen LogP contribution in [0.1, 0.15) is 15.9 Å². The van der Waals surface area contributed by atoms with Gasteiger partial charge in [0.15, 0.2) is 11.5 Å². The van der Waals surface area contributed by atoms with E-state index in [4.69, 9.17) is 0 Å². The number of rotatable bonds is 4. The average Bonchev–Trinajstić information content (AvgIpc) is 2.65. The number of aromatic hydroxyl groups is 2. The van der Waals surface area contributed by atoms with E-state index in [9.17, 15) is 15.0 Å². The quantitative estimate of drug-likeness (QED) is 0.388. The van der Waals surface area contributed by atoms with Crippen LogP contribution in [0.25, 0.3) is 11.1 Å².